The summed E-state index contributed by atoms with van der Waals surface area (Å²) in [4.78, 5) is 0. The largest absolute Gasteiger partial charge is 1.00 e. The van der Waals surface area contributed by atoms with Gasteiger partial charge in [0.1, 0.15) is 0 Å². The molecule has 0 amide bonds. The Morgan fingerprint density at radius 3 is 0.158 bits per heavy atom. The van der Waals surface area contributed by atoms with Gasteiger partial charge in [-0.25, -0.2) is 0 Å². The van der Waals surface area contributed by atoms with Gasteiger partial charge in [0.05, 0.1) is 0 Å². The van der Waals surface area contributed by atoms with Crippen molar-refractivity contribution in [1.29, 1.82) is 0 Å². The van der Waals surface area contributed by atoms with E-state index in [1.165, 1.54) is 0 Å². The van der Waals surface area contributed by atoms with Crippen LogP contribution in [0.2, 0.25) is 0 Å². The van der Waals surface area contributed by atoms with Gasteiger partial charge < -0.3 is 18.5 Å². The fraction of sp³-hybridized carbons (Fsp3) is 0. The molecular weight excluding hydrogens is 512 g/mol. The van der Waals surface area contributed by atoms with Crippen molar-refractivity contribution in [3.8, 4) is 0 Å². The van der Waals surface area contributed by atoms with Crippen LogP contribution in [0.1, 0.15) is 18.5 Å². The molecule has 0 fully saturated rings. The van der Waals surface area contributed by atoms with E-state index in [4.69, 9.17) is 0 Å². The Balaban J connectivity index is 0. The molecule has 0 heterocycles. The van der Waals surface area contributed by atoms with Gasteiger partial charge in [0.25, 0.3) is 0 Å². The number of halogens is 6. The van der Waals surface area contributed by atoms with Crippen LogP contribution in [0.4, 0.5) is 0 Å². The molecule has 0 saturated heterocycles. The fourth-order valence-corrected chi connectivity index (χ4v) is 0. The molecule has 0 rings (SSSR count). The topological polar surface area (TPSA) is 0 Å². The van der Waals surface area contributed by atoms with Crippen molar-refractivity contribution in [3.05, 3.63) is 0 Å². The Hall–Kier alpha value is 14.7. The average molecular weight is 531 g/mol. The van der Waals surface area contributed by atoms with Crippen LogP contribution in [0.25, 0.3) is 0 Å². The maximum absolute atomic E-state index is 0. The van der Waals surface area contributed by atoms with E-state index < -0.39 is 0 Å². The molecule has 0 bridgehead atoms. The molecule has 0 aliphatic rings. The van der Waals surface area contributed by atoms with Crippen LogP contribution in [0.15, 0.2) is 0 Å². The van der Waals surface area contributed by atoms with Gasteiger partial charge in [-0.2, -0.15) is 0 Å². The van der Waals surface area contributed by atoms with E-state index >= 15 is 0 Å². The Bertz CT molecular complexity index is 48.3. The third kappa shape index (κ3) is 142. The summed E-state index contributed by atoms with van der Waals surface area (Å²) in [5.41, 5.74) is 0. The summed E-state index contributed by atoms with van der Waals surface area (Å²) in [5.74, 6) is 0. The third-order valence-corrected chi connectivity index (χ3v) is 0. The molecule has 0 N–H and O–H groups in total. The van der Waals surface area contributed by atoms with E-state index in [-0.39, 0.29) is 477 Å². The van der Waals surface area contributed by atoms with Crippen LogP contribution in [-0.4, -0.2) is 0 Å². The van der Waals surface area contributed by atoms with E-state index in [1.54, 1.807) is 0 Å². The molecule has 19 heavy (non-hydrogen) atoms. The van der Waals surface area contributed by atoms with E-state index in [1.807, 2.05) is 0 Å². The van der Waals surface area contributed by atoms with Gasteiger partial charge in [-0.3, -0.25) is 0 Å². The van der Waals surface area contributed by atoms with Crippen molar-refractivity contribution in [3.63, 3.8) is 0 Å². The van der Waals surface area contributed by atoms with E-state index in [2.05, 4.69) is 0 Å². The van der Waals surface area contributed by atoms with Gasteiger partial charge in [0.15, 0.2) is 0 Å². The van der Waals surface area contributed by atoms with Gasteiger partial charge in [-0.05, 0) is 0 Å². The summed E-state index contributed by atoms with van der Waals surface area (Å²) >= 11 is 0. The second-order valence-electron chi connectivity index (χ2n) is 0. The Labute approximate surface area is 463 Å². The minimum atomic E-state index is 0. The predicted octanol–water partition coefficient (Wildman–Crippen LogP) is -35.0. The number of hydrogen-bond acceptors (Lipinski definition) is 0. The zero-order valence-corrected chi connectivity index (χ0v) is 46.3. The van der Waals surface area contributed by atoms with Crippen LogP contribution < -0.4 is 384 Å². The standard InChI is InChI=1S/6ClH.13Na.13H/h6*1H;;;;;;;;;;;;;;;;;;;;;;;;;;/q;;;;;;13*+1;13*-1. The molecule has 0 aromatic carbocycles. The first-order valence-electron chi connectivity index (χ1n) is 0. The van der Waals surface area contributed by atoms with E-state index in [9.17, 15) is 0 Å². The monoisotopic (exact) mass is 528 g/mol. The minimum absolute atomic E-state index is 0. The first kappa shape index (κ1) is 166. The van der Waals surface area contributed by atoms with E-state index in [0.29, 0.717) is 0 Å². The molecule has 0 spiro atoms. The van der Waals surface area contributed by atoms with Gasteiger partial charge >= 0.3 is 384 Å². The van der Waals surface area contributed by atoms with E-state index in [0.717, 1.165) is 0 Å². The van der Waals surface area contributed by atoms with Crippen LogP contribution >= 0.6 is 74.4 Å². The molecule has 0 aromatic rings. The Kier molecular flexibility index (Phi) is 1330. The molecule has 0 unspecified atom stereocenters. The third-order valence-electron chi connectivity index (χ3n) is 0. The molecule has 0 aliphatic carbocycles. The zero-order valence-electron chi connectivity index (χ0n) is 28.4. The van der Waals surface area contributed by atoms with Crippen LogP contribution in [0, 0.1) is 0 Å². The summed E-state index contributed by atoms with van der Waals surface area (Å²) in [6, 6.07) is 0. The van der Waals surface area contributed by atoms with Crippen molar-refractivity contribution in [2.75, 3.05) is 0 Å². The summed E-state index contributed by atoms with van der Waals surface area (Å²) < 4.78 is 0. The van der Waals surface area contributed by atoms with Crippen molar-refractivity contribution >= 4 is 74.4 Å². The first-order chi connectivity index (χ1) is 0. The maximum atomic E-state index is 0. The summed E-state index contributed by atoms with van der Waals surface area (Å²) in [6.45, 7) is 0. The molecule has 0 aromatic heterocycles. The van der Waals surface area contributed by atoms with Gasteiger partial charge in [0, 0.05) is 0 Å². The zero-order chi connectivity index (χ0) is 0. The average Bonchev–Trinajstić information content (AvgIpc) is 0. The molecule has 19 heteroatoms. The molecule has 74 valence electrons. The SMILES string of the molecule is Cl.Cl.Cl.Cl.Cl.Cl.[H-].[H-].[H-].[H-].[H-].[H-].[H-].[H-].[H-].[H-].[H-].[H-].[H-].[Na+].[Na+].[Na+].[Na+].[Na+].[Na+].[Na+].[Na+].[Na+].[Na+].[Na+].[Na+].[Na+]. The predicted molar refractivity (Wildman–Crippen MR) is 57.9 cm³/mol. The molecule has 0 saturated carbocycles. The fourth-order valence-electron chi connectivity index (χ4n) is 0. The molecule has 0 nitrogen and oxygen atoms in total. The second-order valence-corrected chi connectivity index (χ2v) is 0. The van der Waals surface area contributed by atoms with Crippen LogP contribution in [0.3, 0.4) is 0 Å². The second kappa shape index (κ2) is 152. The van der Waals surface area contributed by atoms with Crippen LogP contribution in [-0.2, 0) is 0 Å². The van der Waals surface area contributed by atoms with Crippen molar-refractivity contribution < 1.29 is 403 Å². The Morgan fingerprint density at radius 2 is 0.158 bits per heavy atom. The maximum Gasteiger partial charge on any atom is 1.00 e. The van der Waals surface area contributed by atoms with Gasteiger partial charge in [-0.1, -0.05) is 0 Å². The normalized spacial score (nSPS) is 0. The van der Waals surface area contributed by atoms with Gasteiger partial charge in [0.2, 0.25) is 0 Å². The smallest absolute Gasteiger partial charge is 1.00 e. The summed E-state index contributed by atoms with van der Waals surface area (Å²) in [6.07, 6.45) is 0. The molecular formula is H19Cl6Na13. The number of hydrogen-bond donors (Lipinski definition) is 0. The molecule has 0 atom stereocenters. The molecule has 0 aliphatic heterocycles. The number of rotatable bonds is 0. The van der Waals surface area contributed by atoms with Crippen LogP contribution in [0.5, 0.6) is 0 Å². The minimum Gasteiger partial charge on any atom is -1.00 e. The van der Waals surface area contributed by atoms with Crippen molar-refractivity contribution in [2.45, 2.75) is 0 Å². The molecule has 0 radical (unpaired) electrons. The first-order valence-corrected chi connectivity index (χ1v) is 0. The van der Waals surface area contributed by atoms with Crippen molar-refractivity contribution in [2.24, 2.45) is 0 Å². The summed E-state index contributed by atoms with van der Waals surface area (Å²) in [5, 5.41) is 0. The quantitative estimate of drug-likeness (QED) is 0.273. The van der Waals surface area contributed by atoms with Crippen molar-refractivity contribution in [1.82, 2.24) is 0 Å². The Morgan fingerprint density at radius 1 is 0.158 bits per heavy atom. The van der Waals surface area contributed by atoms with Gasteiger partial charge in [-0.15, -0.1) is 74.4 Å². The summed E-state index contributed by atoms with van der Waals surface area (Å²) in [7, 11) is 0.